The fourth-order valence-corrected chi connectivity index (χ4v) is 3.41. The molecule has 0 fully saturated rings. The summed E-state index contributed by atoms with van der Waals surface area (Å²) in [6.07, 6.45) is 1.15. The third-order valence-electron chi connectivity index (χ3n) is 2.97. The molecule has 1 atom stereocenters. The first-order chi connectivity index (χ1) is 9.61. The highest BCUT2D eigenvalue weighted by atomic mass is 31.2. The van der Waals surface area contributed by atoms with Gasteiger partial charge in [-0.2, -0.15) is 0 Å². The molecule has 0 aliphatic rings. The maximum absolute atomic E-state index is 12.5. The Kier molecular flexibility index (Phi) is 4.20. The maximum Gasteiger partial charge on any atom is 0.209 e. The standard InChI is InChI=1S/C15H21N2O3P/c1-11(2)20-21(18,19)14-10-17(15(3,4)5)16-13-9-7-6-8-12(13)14/h6-11H,1-5H3. The fourth-order valence-electron chi connectivity index (χ4n) is 2.00. The van der Waals surface area contributed by atoms with E-state index in [2.05, 4.69) is 5.10 Å². The van der Waals surface area contributed by atoms with E-state index in [1.165, 1.54) is 0 Å². The topological polar surface area (TPSA) is 66.1 Å². The Morgan fingerprint density at radius 3 is 2.48 bits per heavy atom. The molecular weight excluding hydrogens is 287 g/mol. The second kappa shape index (κ2) is 5.48. The zero-order valence-corrected chi connectivity index (χ0v) is 13.9. The van der Waals surface area contributed by atoms with Crippen LogP contribution in [0.5, 0.6) is 0 Å². The predicted octanol–water partition coefficient (Wildman–Crippen LogP) is 1.88. The van der Waals surface area contributed by atoms with Crippen molar-refractivity contribution in [2.45, 2.75) is 46.3 Å². The molecule has 1 heterocycles. The van der Waals surface area contributed by atoms with Gasteiger partial charge in [0.15, 0.2) is 13.1 Å². The van der Waals surface area contributed by atoms with E-state index >= 15 is 0 Å². The minimum absolute atomic E-state index is 0.178. The summed E-state index contributed by atoms with van der Waals surface area (Å²) in [5, 5.41) is 5.26. The van der Waals surface area contributed by atoms with Gasteiger partial charge in [0.2, 0.25) is 6.20 Å². The van der Waals surface area contributed by atoms with Gasteiger partial charge in [0.25, 0.3) is 0 Å². The third kappa shape index (κ3) is 3.49. The molecular formula is C15H21N2O3P. The van der Waals surface area contributed by atoms with Crippen LogP contribution < -0.4 is 14.9 Å². The van der Waals surface area contributed by atoms with Crippen LogP contribution in [-0.2, 0) is 14.6 Å². The lowest BCUT2D eigenvalue weighted by molar-refractivity contribution is -0.803. The SMILES string of the molecule is CC(C)OP(=O)([O-])c1c[n+](C(C)(C)C)nc2ccccc12. The van der Waals surface area contributed by atoms with Gasteiger partial charge in [-0.25, -0.2) is 0 Å². The van der Waals surface area contributed by atoms with Gasteiger partial charge >= 0.3 is 0 Å². The van der Waals surface area contributed by atoms with Gasteiger partial charge in [-0.3, -0.25) is 0 Å². The van der Waals surface area contributed by atoms with Gasteiger partial charge in [-0.15, -0.1) is 0 Å². The summed E-state index contributed by atoms with van der Waals surface area (Å²) >= 11 is 0. The highest BCUT2D eigenvalue weighted by Crippen LogP contribution is 2.39. The molecule has 1 aromatic carbocycles. The van der Waals surface area contributed by atoms with Gasteiger partial charge < -0.3 is 14.0 Å². The van der Waals surface area contributed by atoms with Crippen molar-refractivity contribution < 1.29 is 18.7 Å². The number of benzene rings is 1. The van der Waals surface area contributed by atoms with Gasteiger partial charge in [-0.05, 0) is 19.9 Å². The smallest absolute Gasteiger partial charge is 0.209 e. The van der Waals surface area contributed by atoms with Gasteiger partial charge in [0.1, 0.15) is 5.52 Å². The van der Waals surface area contributed by atoms with Crippen molar-refractivity contribution in [3.05, 3.63) is 30.5 Å². The molecule has 21 heavy (non-hydrogen) atoms. The number of hydrogen-bond acceptors (Lipinski definition) is 4. The molecule has 114 valence electrons. The van der Waals surface area contributed by atoms with Crippen LogP contribution in [0, 0.1) is 0 Å². The van der Waals surface area contributed by atoms with Crippen molar-refractivity contribution >= 4 is 23.8 Å². The Morgan fingerprint density at radius 2 is 1.90 bits per heavy atom. The Labute approximate surface area is 125 Å². The summed E-state index contributed by atoms with van der Waals surface area (Å²) in [7, 11) is -4.15. The average molecular weight is 308 g/mol. The number of aromatic nitrogens is 2. The largest absolute Gasteiger partial charge is 0.775 e. The predicted molar refractivity (Wildman–Crippen MR) is 80.4 cm³/mol. The first-order valence-corrected chi connectivity index (χ1v) is 8.48. The zero-order valence-electron chi connectivity index (χ0n) is 13.0. The number of nitrogens with zero attached hydrogens (tertiary/aromatic N) is 2. The summed E-state index contributed by atoms with van der Waals surface area (Å²) in [6, 6.07) is 7.19. The molecule has 0 saturated heterocycles. The van der Waals surface area contributed by atoms with E-state index < -0.39 is 13.7 Å². The molecule has 5 nitrogen and oxygen atoms in total. The van der Waals surface area contributed by atoms with Crippen LogP contribution in [0.3, 0.4) is 0 Å². The lowest BCUT2D eigenvalue weighted by Crippen LogP contribution is -2.54. The Hall–Kier alpha value is -1.29. The minimum Gasteiger partial charge on any atom is -0.775 e. The Balaban J connectivity index is 2.74. The molecule has 0 radical (unpaired) electrons. The molecule has 0 aliphatic heterocycles. The molecule has 0 N–H and O–H groups in total. The second-order valence-corrected chi connectivity index (χ2v) is 7.99. The normalized spacial score (nSPS) is 15.4. The van der Waals surface area contributed by atoms with Crippen LogP contribution in [0.15, 0.2) is 30.5 Å². The summed E-state index contributed by atoms with van der Waals surface area (Å²) in [4.78, 5) is 12.5. The highest BCUT2D eigenvalue weighted by Gasteiger charge is 2.29. The van der Waals surface area contributed by atoms with E-state index in [-0.39, 0.29) is 10.8 Å². The van der Waals surface area contributed by atoms with Gasteiger partial charge in [0.05, 0.1) is 11.4 Å². The van der Waals surface area contributed by atoms with Crippen LogP contribution in [-0.4, -0.2) is 11.2 Å². The van der Waals surface area contributed by atoms with Crippen LogP contribution >= 0.6 is 7.60 Å². The van der Waals surface area contributed by atoms with Crippen molar-refractivity contribution in [1.29, 1.82) is 0 Å². The quantitative estimate of drug-likeness (QED) is 0.641. The van der Waals surface area contributed by atoms with Crippen LogP contribution in [0.25, 0.3) is 10.9 Å². The van der Waals surface area contributed by atoms with E-state index in [4.69, 9.17) is 4.52 Å². The monoisotopic (exact) mass is 308 g/mol. The van der Waals surface area contributed by atoms with E-state index in [9.17, 15) is 9.46 Å². The molecule has 0 bridgehead atoms. The minimum atomic E-state index is -4.15. The molecule has 2 aromatic rings. The lowest BCUT2D eigenvalue weighted by atomic mass is 10.1. The van der Waals surface area contributed by atoms with Crippen LogP contribution in [0.2, 0.25) is 0 Å². The number of rotatable bonds is 3. The molecule has 1 aromatic heterocycles. The number of fused-ring (bicyclic) bond motifs is 1. The van der Waals surface area contributed by atoms with E-state index in [0.717, 1.165) is 0 Å². The molecule has 0 spiro atoms. The van der Waals surface area contributed by atoms with Crippen molar-refractivity contribution in [2.75, 3.05) is 0 Å². The van der Waals surface area contributed by atoms with Gasteiger partial charge in [-0.1, -0.05) is 22.9 Å². The van der Waals surface area contributed by atoms with Crippen molar-refractivity contribution in [1.82, 2.24) is 5.10 Å². The molecule has 6 heteroatoms. The first kappa shape index (κ1) is 16.1. The molecule has 0 aliphatic carbocycles. The van der Waals surface area contributed by atoms with Crippen LogP contribution in [0.1, 0.15) is 34.6 Å². The zero-order chi connectivity index (χ0) is 15.8. The highest BCUT2D eigenvalue weighted by molar-refractivity contribution is 7.60. The third-order valence-corrected chi connectivity index (χ3v) is 4.62. The Bertz CT molecular complexity index is 708. The molecule has 1 unspecified atom stereocenters. The van der Waals surface area contributed by atoms with E-state index in [1.807, 2.05) is 26.8 Å². The van der Waals surface area contributed by atoms with Crippen molar-refractivity contribution in [3.8, 4) is 0 Å². The number of hydrogen-bond donors (Lipinski definition) is 0. The maximum atomic E-state index is 12.5. The van der Waals surface area contributed by atoms with Crippen molar-refractivity contribution in [3.63, 3.8) is 0 Å². The van der Waals surface area contributed by atoms with Crippen LogP contribution in [0.4, 0.5) is 0 Å². The Morgan fingerprint density at radius 1 is 1.29 bits per heavy atom. The summed E-state index contributed by atoms with van der Waals surface area (Å²) in [5.41, 5.74) is 0.310. The molecule has 0 saturated carbocycles. The second-order valence-electron chi connectivity index (χ2n) is 6.30. The summed E-state index contributed by atoms with van der Waals surface area (Å²) in [5.74, 6) is 0. The molecule has 0 amide bonds. The van der Waals surface area contributed by atoms with E-state index in [0.29, 0.717) is 10.9 Å². The van der Waals surface area contributed by atoms with Gasteiger partial charge in [0, 0.05) is 31.3 Å². The first-order valence-electron chi connectivity index (χ1n) is 6.93. The lowest BCUT2D eigenvalue weighted by Gasteiger charge is -2.26. The summed E-state index contributed by atoms with van der Waals surface area (Å²) < 4.78 is 19.3. The average Bonchev–Trinajstić information content (AvgIpc) is 2.34. The van der Waals surface area contributed by atoms with Crippen molar-refractivity contribution in [2.24, 2.45) is 0 Å². The molecule has 2 rings (SSSR count). The fraction of sp³-hybridized carbons (Fsp3) is 0.467. The summed E-state index contributed by atoms with van der Waals surface area (Å²) in [6.45, 7) is 9.31. The van der Waals surface area contributed by atoms with E-state index in [1.54, 1.807) is 42.9 Å².